The van der Waals surface area contributed by atoms with Gasteiger partial charge in [0.1, 0.15) is 17.2 Å². The molecule has 1 aromatic carbocycles. The standard InChI is InChI=1S/C23H20F7N5O2/c24-15-7-6-11-3-1-4-12-5-2-8-35(12)18-14(22(25,26)27)10-16(31)17(32-18)19-33-34-20(37-19)21(36,13(15)9-11)23(28,29)30/h6-7,9-10,12,36H,1-5,8,31H2/t12-,21+/m1/s1. The minimum Gasteiger partial charge on any atom is -0.415 e. The molecule has 2 aliphatic rings. The minimum absolute atomic E-state index is 0.188. The van der Waals surface area contributed by atoms with Gasteiger partial charge in [-0.1, -0.05) is 6.07 Å². The lowest BCUT2D eigenvalue weighted by molar-refractivity contribution is -0.256. The molecule has 1 saturated heterocycles. The molecule has 0 amide bonds. The molecule has 2 aliphatic heterocycles. The van der Waals surface area contributed by atoms with Crippen LogP contribution in [-0.4, -0.2) is 39.1 Å². The van der Waals surface area contributed by atoms with Crippen molar-refractivity contribution in [2.45, 2.75) is 56.1 Å². The average molecular weight is 531 g/mol. The van der Waals surface area contributed by atoms with Crippen LogP contribution in [0.1, 0.15) is 48.3 Å². The maximum absolute atomic E-state index is 14.7. The zero-order valence-electron chi connectivity index (χ0n) is 19.0. The van der Waals surface area contributed by atoms with E-state index in [0.717, 1.165) is 12.1 Å². The van der Waals surface area contributed by atoms with Crippen molar-refractivity contribution < 1.29 is 40.3 Å². The number of hydrogen-bond acceptors (Lipinski definition) is 7. The summed E-state index contributed by atoms with van der Waals surface area (Å²) in [4.78, 5) is 5.54. The van der Waals surface area contributed by atoms with Crippen LogP contribution in [0, 0.1) is 5.82 Å². The monoisotopic (exact) mass is 531 g/mol. The van der Waals surface area contributed by atoms with Crippen molar-refractivity contribution in [3.63, 3.8) is 0 Å². The normalized spacial score (nSPS) is 22.4. The summed E-state index contributed by atoms with van der Waals surface area (Å²) in [6.07, 6.45) is -8.18. The molecule has 0 saturated carbocycles. The Labute approximate surface area is 205 Å². The Morgan fingerprint density at radius 3 is 2.49 bits per heavy atom. The van der Waals surface area contributed by atoms with Gasteiger partial charge in [-0.05, 0) is 55.9 Å². The lowest BCUT2D eigenvalue weighted by Gasteiger charge is -2.29. The molecule has 14 heteroatoms. The first kappa shape index (κ1) is 25.2. The van der Waals surface area contributed by atoms with Gasteiger partial charge in [-0.2, -0.15) is 26.3 Å². The number of pyridine rings is 1. The van der Waals surface area contributed by atoms with Crippen LogP contribution in [0.3, 0.4) is 0 Å². The highest BCUT2D eigenvalue weighted by molar-refractivity contribution is 5.71. The molecule has 5 rings (SSSR count). The fourth-order valence-electron chi connectivity index (χ4n) is 4.93. The topological polar surface area (TPSA) is 101 Å². The highest BCUT2D eigenvalue weighted by atomic mass is 19.4. The van der Waals surface area contributed by atoms with Crippen molar-refractivity contribution in [3.05, 3.63) is 52.7 Å². The molecule has 0 spiro atoms. The number of anilines is 2. The second-order valence-corrected chi connectivity index (χ2v) is 9.11. The van der Waals surface area contributed by atoms with E-state index < -0.39 is 63.9 Å². The van der Waals surface area contributed by atoms with Crippen LogP contribution >= 0.6 is 0 Å². The number of aliphatic hydroxyl groups is 1. The fraction of sp³-hybridized carbons (Fsp3) is 0.435. The van der Waals surface area contributed by atoms with Gasteiger partial charge in [-0.3, -0.25) is 0 Å². The molecular weight excluding hydrogens is 511 g/mol. The SMILES string of the molecule is Nc1cc(C(F)(F)F)c2nc1-c1nnc(o1)[C@](O)(C(F)(F)F)c1cc(ccc1F)CCC[C@@H]1CCCN21. The van der Waals surface area contributed by atoms with Crippen LogP contribution in [0.2, 0.25) is 0 Å². The van der Waals surface area contributed by atoms with Crippen LogP contribution in [0.5, 0.6) is 0 Å². The van der Waals surface area contributed by atoms with Crippen LogP contribution in [0.4, 0.5) is 42.2 Å². The molecule has 4 heterocycles. The van der Waals surface area contributed by atoms with E-state index in [4.69, 9.17) is 10.2 Å². The highest BCUT2D eigenvalue weighted by Gasteiger charge is 2.61. The summed E-state index contributed by atoms with van der Waals surface area (Å²) in [5, 5.41) is 17.6. The molecule has 198 valence electrons. The molecule has 3 N–H and O–H groups in total. The lowest BCUT2D eigenvalue weighted by atomic mass is 9.90. The van der Waals surface area contributed by atoms with Crippen molar-refractivity contribution in [2.75, 3.05) is 17.2 Å². The predicted molar refractivity (Wildman–Crippen MR) is 116 cm³/mol. The number of nitrogens with zero attached hydrogens (tertiary/aromatic N) is 4. The number of hydrogen-bond donors (Lipinski definition) is 2. The summed E-state index contributed by atoms with van der Waals surface area (Å²) in [6, 6.07) is 3.25. The van der Waals surface area contributed by atoms with E-state index in [1.54, 1.807) is 0 Å². The van der Waals surface area contributed by atoms with Crippen molar-refractivity contribution in [3.8, 4) is 11.6 Å². The first-order valence-corrected chi connectivity index (χ1v) is 11.4. The fourth-order valence-corrected chi connectivity index (χ4v) is 4.93. The largest absolute Gasteiger partial charge is 0.430 e. The maximum Gasteiger partial charge on any atom is 0.430 e. The third-order valence-corrected chi connectivity index (χ3v) is 6.76. The molecule has 1 fully saturated rings. The van der Waals surface area contributed by atoms with Crippen molar-refractivity contribution >= 4 is 11.5 Å². The van der Waals surface area contributed by atoms with Gasteiger partial charge in [0.05, 0.1) is 5.69 Å². The maximum atomic E-state index is 14.7. The van der Waals surface area contributed by atoms with Crippen LogP contribution in [-0.2, 0) is 18.2 Å². The van der Waals surface area contributed by atoms with Gasteiger partial charge in [-0.25, -0.2) is 9.37 Å². The second-order valence-electron chi connectivity index (χ2n) is 9.11. The Morgan fingerprint density at radius 1 is 1.05 bits per heavy atom. The zero-order valence-corrected chi connectivity index (χ0v) is 19.0. The Bertz CT molecular complexity index is 1340. The minimum atomic E-state index is -5.50. The molecular formula is C23H20F7N5O2. The molecule has 2 atom stereocenters. The van der Waals surface area contributed by atoms with E-state index in [0.29, 0.717) is 31.7 Å². The van der Waals surface area contributed by atoms with Crippen LogP contribution in [0.15, 0.2) is 28.7 Å². The molecule has 6 bridgehead atoms. The molecule has 3 aromatic rings. The number of aryl methyl sites for hydroxylation is 1. The number of nitrogens with two attached hydrogens (primary N) is 1. The predicted octanol–water partition coefficient (Wildman–Crippen LogP) is 4.98. The number of fused-ring (bicyclic) bond motifs is 9. The van der Waals surface area contributed by atoms with Crippen molar-refractivity contribution in [1.29, 1.82) is 0 Å². The Kier molecular flexibility index (Phi) is 5.84. The average Bonchev–Trinajstić information content (AvgIpc) is 3.48. The van der Waals surface area contributed by atoms with Gasteiger partial charge in [0, 0.05) is 18.2 Å². The lowest BCUT2D eigenvalue weighted by Crippen LogP contribution is -2.44. The summed E-state index contributed by atoms with van der Waals surface area (Å²) in [5.41, 5.74) is -1.25. The van der Waals surface area contributed by atoms with Gasteiger partial charge in [0.2, 0.25) is 0 Å². The first-order valence-electron chi connectivity index (χ1n) is 11.4. The second kappa shape index (κ2) is 8.57. The zero-order chi connectivity index (χ0) is 26.8. The molecule has 0 radical (unpaired) electrons. The van der Waals surface area contributed by atoms with Crippen LogP contribution < -0.4 is 10.6 Å². The third kappa shape index (κ3) is 4.16. The van der Waals surface area contributed by atoms with Gasteiger partial charge in [-0.15, -0.1) is 10.2 Å². The van der Waals surface area contributed by atoms with E-state index >= 15 is 0 Å². The Hall–Kier alpha value is -3.42. The quantitative estimate of drug-likeness (QED) is 0.395. The number of benzene rings is 1. The van der Waals surface area contributed by atoms with Crippen molar-refractivity contribution in [1.82, 2.24) is 15.2 Å². The van der Waals surface area contributed by atoms with E-state index in [1.807, 2.05) is 0 Å². The summed E-state index contributed by atoms with van der Waals surface area (Å²) >= 11 is 0. The molecule has 37 heavy (non-hydrogen) atoms. The summed E-state index contributed by atoms with van der Waals surface area (Å²) < 4.78 is 104. The Morgan fingerprint density at radius 2 is 1.78 bits per heavy atom. The van der Waals surface area contributed by atoms with Gasteiger partial charge >= 0.3 is 12.4 Å². The smallest absolute Gasteiger partial charge is 0.415 e. The van der Waals surface area contributed by atoms with E-state index in [-0.39, 0.29) is 24.6 Å². The molecule has 2 aromatic heterocycles. The highest BCUT2D eigenvalue weighted by Crippen LogP contribution is 2.47. The number of aromatic nitrogens is 3. The first-order chi connectivity index (χ1) is 17.3. The van der Waals surface area contributed by atoms with Crippen molar-refractivity contribution in [2.24, 2.45) is 0 Å². The summed E-state index contributed by atoms with van der Waals surface area (Å²) in [7, 11) is 0. The van der Waals surface area contributed by atoms with Gasteiger partial charge < -0.3 is 20.2 Å². The number of alkyl halides is 6. The summed E-state index contributed by atoms with van der Waals surface area (Å²) in [6.45, 7) is 0.272. The molecule has 0 aliphatic carbocycles. The van der Waals surface area contributed by atoms with Gasteiger partial charge in [0.25, 0.3) is 17.4 Å². The van der Waals surface area contributed by atoms with E-state index in [1.165, 1.54) is 11.0 Å². The van der Waals surface area contributed by atoms with Gasteiger partial charge in [0.15, 0.2) is 5.69 Å². The molecule has 7 nitrogen and oxygen atoms in total. The number of halogens is 7. The van der Waals surface area contributed by atoms with Crippen LogP contribution in [0.25, 0.3) is 11.6 Å². The molecule has 0 unspecified atom stereocenters. The van der Waals surface area contributed by atoms with E-state index in [9.17, 15) is 35.8 Å². The Balaban J connectivity index is 1.77. The number of rotatable bonds is 0. The third-order valence-electron chi connectivity index (χ3n) is 6.76. The van der Waals surface area contributed by atoms with E-state index in [2.05, 4.69) is 15.2 Å². The number of nitrogen functional groups attached to an aromatic ring is 1. The summed E-state index contributed by atoms with van der Waals surface area (Å²) in [5.74, 6) is -3.99.